The van der Waals surface area contributed by atoms with Gasteiger partial charge in [0.2, 0.25) is 5.91 Å². The van der Waals surface area contributed by atoms with Gasteiger partial charge in [-0.2, -0.15) is 5.10 Å². The fourth-order valence-electron chi connectivity index (χ4n) is 3.76. The van der Waals surface area contributed by atoms with Crippen LogP contribution in [0.4, 0.5) is 5.82 Å². The van der Waals surface area contributed by atoms with Gasteiger partial charge in [-0.3, -0.25) is 14.3 Å². The Hall–Kier alpha value is -2.63. The summed E-state index contributed by atoms with van der Waals surface area (Å²) in [6, 6.07) is 7.37. The molecule has 1 aromatic heterocycles. The monoisotopic (exact) mass is 324 g/mol. The summed E-state index contributed by atoms with van der Waals surface area (Å²) in [5, 5.41) is 7.56. The molecule has 1 atom stereocenters. The van der Waals surface area contributed by atoms with Crippen LogP contribution in [0.15, 0.2) is 24.3 Å². The number of nitrogens with zero attached hydrogens (tertiary/aromatic N) is 3. The van der Waals surface area contributed by atoms with Gasteiger partial charge in [-0.05, 0) is 30.9 Å². The smallest absolute Gasteiger partial charge is 0.253 e. The quantitative estimate of drug-likeness (QED) is 0.914. The van der Waals surface area contributed by atoms with Gasteiger partial charge in [-0.15, -0.1) is 0 Å². The Morgan fingerprint density at radius 3 is 2.88 bits per heavy atom. The van der Waals surface area contributed by atoms with Gasteiger partial charge in [0, 0.05) is 31.8 Å². The summed E-state index contributed by atoms with van der Waals surface area (Å²) in [6.45, 7) is 0.391. The number of rotatable bonds is 2. The number of fused-ring (bicyclic) bond motifs is 2. The number of benzene rings is 1. The van der Waals surface area contributed by atoms with Crippen molar-refractivity contribution in [3.8, 4) is 0 Å². The highest BCUT2D eigenvalue weighted by atomic mass is 16.2. The van der Waals surface area contributed by atoms with E-state index in [1.807, 2.05) is 25.2 Å². The average molecular weight is 324 g/mol. The Labute approximate surface area is 140 Å². The Morgan fingerprint density at radius 1 is 1.25 bits per heavy atom. The highest BCUT2D eigenvalue weighted by Crippen LogP contribution is 2.31. The first-order valence-corrected chi connectivity index (χ1v) is 8.26. The third-order valence-electron chi connectivity index (χ3n) is 5.00. The van der Waals surface area contributed by atoms with Crippen LogP contribution < -0.4 is 5.32 Å². The molecule has 0 radical (unpaired) electrons. The molecule has 6 heteroatoms. The van der Waals surface area contributed by atoms with Gasteiger partial charge in [0.25, 0.3) is 5.91 Å². The molecule has 1 aromatic carbocycles. The molecule has 1 unspecified atom stereocenters. The predicted octanol–water partition coefficient (Wildman–Crippen LogP) is 1.72. The number of nitrogens with one attached hydrogen (secondary N) is 1. The van der Waals surface area contributed by atoms with Gasteiger partial charge < -0.3 is 10.2 Å². The molecule has 4 rings (SSSR count). The van der Waals surface area contributed by atoms with Gasteiger partial charge in [-0.1, -0.05) is 18.2 Å². The Kier molecular flexibility index (Phi) is 3.40. The summed E-state index contributed by atoms with van der Waals surface area (Å²) in [7, 11) is 3.60. The lowest BCUT2D eigenvalue weighted by molar-refractivity contribution is -0.118. The molecular formula is C18H20N4O2. The van der Waals surface area contributed by atoms with Crippen LogP contribution in [0.3, 0.4) is 0 Å². The number of hydrogen-bond acceptors (Lipinski definition) is 3. The van der Waals surface area contributed by atoms with Crippen LogP contribution in [-0.2, 0) is 24.7 Å². The van der Waals surface area contributed by atoms with Crippen LogP contribution in [0, 0.1) is 0 Å². The first kappa shape index (κ1) is 14.9. The predicted molar refractivity (Wildman–Crippen MR) is 90.0 cm³/mol. The van der Waals surface area contributed by atoms with Gasteiger partial charge in [0.1, 0.15) is 5.82 Å². The first-order valence-electron chi connectivity index (χ1n) is 8.26. The van der Waals surface area contributed by atoms with Crippen molar-refractivity contribution in [1.29, 1.82) is 0 Å². The molecule has 2 aliphatic rings. The zero-order valence-electron chi connectivity index (χ0n) is 13.9. The van der Waals surface area contributed by atoms with Crippen LogP contribution >= 0.6 is 0 Å². The maximum Gasteiger partial charge on any atom is 0.253 e. The highest BCUT2D eigenvalue weighted by molar-refractivity contribution is 6.03. The summed E-state index contributed by atoms with van der Waals surface area (Å²) in [5.41, 5.74) is 3.65. The number of anilines is 1. The minimum Gasteiger partial charge on any atom is -0.341 e. The van der Waals surface area contributed by atoms with E-state index in [9.17, 15) is 9.59 Å². The van der Waals surface area contributed by atoms with Crippen molar-refractivity contribution in [2.75, 3.05) is 18.9 Å². The van der Waals surface area contributed by atoms with E-state index in [0.29, 0.717) is 12.1 Å². The van der Waals surface area contributed by atoms with E-state index in [1.165, 1.54) is 0 Å². The minimum absolute atomic E-state index is 0.0314. The summed E-state index contributed by atoms with van der Waals surface area (Å²) in [5.74, 6) is 0.316. The van der Waals surface area contributed by atoms with Gasteiger partial charge >= 0.3 is 0 Å². The Morgan fingerprint density at radius 2 is 2.04 bits per heavy atom. The lowest BCUT2D eigenvalue weighted by Crippen LogP contribution is -2.41. The third kappa shape index (κ3) is 2.21. The molecule has 6 nitrogen and oxygen atoms in total. The molecule has 0 saturated heterocycles. The molecule has 124 valence electrons. The fourth-order valence-corrected chi connectivity index (χ4v) is 3.76. The van der Waals surface area contributed by atoms with Crippen molar-refractivity contribution in [3.05, 3.63) is 46.6 Å². The molecule has 24 heavy (non-hydrogen) atoms. The van der Waals surface area contributed by atoms with Crippen molar-refractivity contribution in [1.82, 2.24) is 14.7 Å². The number of hydrogen-bond donors (Lipinski definition) is 1. The summed E-state index contributed by atoms with van der Waals surface area (Å²) >= 11 is 0. The molecule has 0 bridgehead atoms. The SMILES string of the molecule is CN1CC(C(=O)Nc2c3c(nn2C)CCC3)c2ccccc2C1=O. The zero-order chi connectivity index (χ0) is 16.8. The molecule has 2 aromatic rings. The van der Waals surface area contributed by atoms with Crippen LogP contribution in [0.25, 0.3) is 0 Å². The molecular weight excluding hydrogens is 304 g/mol. The maximum absolute atomic E-state index is 12.9. The first-order chi connectivity index (χ1) is 11.6. The number of carbonyl (C=O) groups excluding carboxylic acids is 2. The number of amides is 2. The topological polar surface area (TPSA) is 67.2 Å². The minimum atomic E-state index is -0.365. The number of carbonyl (C=O) groups is 2. The van der Waals surface area contributed by atoms with E-state index < -0.39 is 0 Å². The Balaban J connectivity index is 1.66. The van der Waals surface area contributed by atoms with E-state index in [4.69, 9.17) is 0 Å². The van der Waals surface area contributed by atoms with Crippen molar-refractivity contribution in [3.63, 3.8) is 0 Å². The van der Waals surface area contributed by atoms with Crippen molar-refractivity contribution in [2.45, 2.75) is 25.2 Å². The van der Waals surface area contributed by atoms with Crippen molar-refractivity contribution < 1.29 is 9.59 Å². The molecule has 0 saturated carbocycles. The Bertz CT molecular complexity index is 840. The lowest BCUT2D eigenvalue weighted by Gasteiger charge is -2.31. The second-order valence-corrected chi connectivity index (χ2v) is 6.57. The second-order valence-electron chi connectivity index (χ2n) is 6.57. The van der Waals surface area contributed by atoms with Gasteiger partial charge in [0.05, 0.1) is 11.6 Å². The largest absolute Gasteiger partial charge is 0.341 e. The van der Waals surface area contributed by atoms with Gasteiger partial charge in [0.15, 0.2) is 0 Å². The fraction of sp³-hybridized carbons (Fsp3) is 0.389. The molecule has 2 amide bonds. The second kappa shape index (κ2) is 5.47. The van der Waals surface area contributed by atoms with Crippen LogP contribution in [-0.4, -0.2) is 40.1 Å². The van der Waals surface area contributed by atoms with E-state index >= 15 is 0 Å². The van der Waals surface area contributed by atoms with Crippen LogP contribution in [0.2, 0.25) is 0 Å². The summed E-state index contributed by atoms with van der Waals surface area (Å²) < 4.78 is 1.76. The maximum atomic E-state index is 12.9. The highest BCUT2D eigenvalue weighted by Gasteiger charge is 2.34. The van der Waals surface area contributed by atoms with E-state index in [0.717, 1.165) is 41.9 Å². The zero-order valence-corrected chi connectivity index (χ0v) is 13.9. The molecule has 0 fully saturated rings. The standard InChI is InChI=1S/C18H20N4O2/c1-21-10-14(11-6-3-4-7-12(11)18(21)24)17(23)19-16-13-8-5-9-15(13)20-22(16)2/h3-4,6-7,14H,5,8-10H2,1-2H3,(H,19,23). The van der Waals surface area contributed by atoms with Gasteiger partial charge in [-0.25, -0.2) is 0 Å². The number of likely N-dealkylation sites (N-methyl/N-ethyl adjacent to an activating group) is 1. The third-order valence-corrected chi connectivity index (χ3v) is 5.00. The molecule has 0 spiro atoms. The molecule has 1 aliphatic heterocycles. The molecule has 1 aliphatic carbocycles. The van der Waals surface area contributed by atoms with Crippen LogP contribution in [0.1, 0.15) is 39.5 Å². The summed E-state index contributed by atoms with van der Waals surface area (Å²) in [6.07, 6.45) is 3.02. The average Bonchev–Trinajstić information content (AvgIpc) is 3.13. The summed E-state index contributed by atoms with van der Waals surface area (Å²) in [4.78, 5) is 26.8. The van der Waals surface area contributed by atoms with Crippen LogP contribution in [0.5, 0.6) is 0 Å². The molecule has 1 N–H and O–H groups in total. The van der Waals surface area contributed by atoms with E-state index in [1.54, 1.807) is 22.7 Å². The van der Waals surface area contributed by atoms with E-state index in [-0.39, 0.29) is 17.7 Å². The van der Waals surface area contributed by atoms with E-state index in [2.05, 4.69) is 10.4 Å². The van der Waals surface area contributed by atoms with Crippen molar-refractivity contribution in [2.24, 2.45) is 7.05 Å². The number of aryl methyl sites for hydroxylation is 2. The normalized spacial score (nSPS) is 19.2. The molecule has 2 heterocycles. The lowest BCUT2D eigenvalue weighted by atomic mass is 9.89. The van der Waals surface area contributed by atoms with Crippen molar-refractivity contribution >= 4 is 17.6 Å². The number of aromatic nitrogens is 2.